The van der Waals surface area contributed by atoms with Gasteiger partial charge in [-0.2, -0.15) is 0 Å². The fourth-order valence-corrected chi connectivity index (χ4v) is 3.71. The van der Waals surface area contributed by atoms with Gasteiger partial charge < -0.3 is 15.5 Å². The highest BCUT2D eigenvalue weighted by atomic mass is 35.5. The Balaban J connectivity index is 0.00000242. The first-order valence-corrected chi connectivity index (χ1v) is 8.60. The molecule has 0 atom stereocenters. The topological polar surface area (TPSA) is 62.5 Å². The number of carbonyl (C=O) groups excluding carboxylic acids is 1. The summed E-state index contributed by atoms with van der Waals surface area (Å²) in [5, 5.41) is 3.14. The number of piperazine rings is 1. The number of hydrogen-bond donors (Lipinski definition) is 1. The lowest BCUT2D eigenvalue weighted by atomic mass is 9.81. The fraction of sp³-hybridized carbons (Fsp3) is 0.733. The van der Waals surface area contributed by atoms with Crippen LogP contribution in [-0.4, -0.2) is 48.5 Å². The predicted molar refractivity (Wildman–Crippen MR) is 102 cm³/mol. The van der Waals surface area contributed by atoms with Crippen molar-refractivity contribution in [1.29, 1.82) is 0 Å². The Morgan fingerprint density at radius 1 is 1.26 bits per heavy atom. The summed E-state index contributed by atoms with van der Waals surface area (Å²) in [7, 11) is 0. The van der Waals surface area contributed by atoms with Crippen LogP contribution in [0.2, 0.25) is 0 Å². The zero-order valence-corrected chi connectivity index (χ0v) is 16.5. The van der Waals surface area contributed by atoms with E-state index in [2.05, 4.69) is 29.1 Å². The van der Waals surface area contributed by atoms with Crippen molar-refractivity contribution in [2.75, 3.05) is 37.6 Å². The maximum absolute atomic E-state index is 12.8. The molecule has 0 aliphatic carbocycles. The van der Waals surface area contributed by atoms with Crippen molar-refractivity contribution < 1.29 is 4.79 Å². The molecule has 1 fully saturated rings. The molecule has 2 rings (SSSR count). The Morgan fingerprint density at radius 2 is 1.83 bits per heavy atom. The van der Waals surface area contributed by atoms with Crippen molar-refractivity contribution >= 4 is 47.2 Å². The normalized spacial score (nSPS) is 15.0. The van der Waals surface area contributed by atoms with Gasteiger partial charge in [0.2, 0.25) is 5.91 Å². The van der Waals surface area contributed by atoms with Crippen LogP contribution in [0.15, 0.2) is 5.38 Å². The van der Waals surface area contributed by atoms with Crippen LogP contribution in [0, 0.1) is 12.3 Å². The summed E-state index contributed by atoms with van der Waals surface area (Å²) in [6.45, 7) is 9.80. The minimum absolute atomic E-state index is 0. The summed E-state index contributed by atoms with van der Waals surface area (Å²) in [4.78, 5) is 21.5. The highest BCUT2D eigenvalue weighted by Gasteiger charge is 2.37. The molecule has 8 heteroatoms. The first-order valence-electron chi connectivity index (χ1n) is 7.73. The average molecular weight is 383 g/mol. The number of carbonyl (C=O) groups is 1. The van der Waals surface area contributed by atoms with Crippen LogP contribution in [0.1, 0.15) is 32.4 Å². The molecule has 1 aliphatic heterocycles. The van der Waals surface area contributed by atoms with E-state index in [-0.39, 0.29) is 36.1 Å². The van der Waals surface area contributed by atoms with Gasteiger partial charge >= 0.3 is 0 Å². The van der Waals surface area contributed by atoms with E-state index in [4.69, 9.17) is 5.73 Å². The van der Waals surface area contributed by atoms with E-state index in [1.54, 1.807) is 11.3 Å². The lowest BCUT2D eigenvalue weighted by molar-refractivity contribution is -0.142. The second kappa shape index (κ2) is 9.67. The molecule has 23 heavy (non-hydrogen) atoms. The molecule has 0 spiro atoms. The molecule has 1 aromatic heterocycles. The van der Waals surface area contributed by atoms with Crippen molar-refractivity contribution in [3.63, 3.8) is 0 Å². The Labute approximate surface area is 155 Å². The number of thiazole rings is 1. The van der Waals surface area contributed by atoms with Crippen LogP contribution < -0.4 is 10.6 Å². The number of halogens is 2. The molecule has 134 valence electrons. The quantitative estimate of drug-likeness (QED) is 0.849. The van der Waals surface area contributed by atoms with Crippen LogP contribution in [0.3, 0.4) is 0 Å². The van der Waals surface area contributed by atoms with Crippen molar-refractivity contribution in [2.24, 2.45) is 11.1 Å². The van der Waals surface area contributed by atoms with Gasteiger partial charge in [0, 0.05) is 38.1 Å². The second-order valence-corrected chi connectivity index (χ2v) is 6.58. The van der Waals surface area contributed by atoms with Crippen molar-refractivity contribution in [3.05, 3.63) is 11.1 Å². The molecule has 1 aromatic rings. The van der Waals surface area contributed by atoms with Crippen molar-refractivity contribution in [3.8, 4) is 0 Å². The lowest BCUT2D eigenvalue weighted by Crippen LogP contribution is -2.54. The third-order valence-electron chi connectivity index (χ3n) is 4.64. The molecule has 0 radical (unpaired) electrons. The minimum atomic E-state index is -0.375. The number of hydrogen-bond acceptors (Lipinski definition) is 5. The van der Waals surface area contributed by atoms with Gasteiger partial charge in [-0.3, -0.25) is 4.79 Å². The summed E-state index contributed by atoms with van der Waals surface area (Å²) in [6.07, 6.45) is 1.62. The number of aromatic nitrogens is 1. The van der Waals surface area contributed by atoms with Gasteiger partial charge in [-0.15, -0.1) is 36.2 Å². The maximum Gasteiger partial charge on any atom is 0.230 e. The highest BCUT2D eigenvalue weighted by molar-refractivity contribution is 7.13. The highest BCUT2D eigenvalue weighted by Crippen LogP contribution is 2.29. The number of aryl methyl sites for hydroxylation is 1. The zero-order valence-electron chi connectivity index (χ0n) is 14.1. The largest absolute Gasteiger partial charge is 0.345 e. The monoisotopic (exact) mass is 382 g/mol. The molecule has 5 nitrogen and oxygen atoms in total. The molecule has 1 amide bonds. The Kier molecular flexibility index (Phi) is 9.43. The standard InChI is InChI=1S/C15H26N4OS.2ClH/c1-4-15(5-2,11-16)13(20)18-6-8-19(9-7-18)14-17-12(3)10-21-14;;/h10H,4-9,11,16H2,1-3H3;2*1H. The first kappa shape index (κ1) is 22.4. The SMILES string of the molecule is CCC(CC)(CN)C(=O)N1CCN(c2nc(C)cs2)CC1.Cl.Cl. The summed E-state index contributed by atoms with van der Waals surface area (Å²) >= 11 is 1.68. The molecule has 0 bridgehead atoms. The molecule has 0 aromatic carbocycles. The van der Waals surface area contributed by atoms with E-state index < -0.39 is 0 Å². The molecule has 1 aliphatic rings. The van der Waals surface area contributed by atoms with Gasteiger partial charge in [0.15, 0.2) is 5.13 Å². The predicted octanol–water partition coefficient (Wildman–Crippen LogP) is 2.71. The van der Waals surface area contributed by atoms with E-state index in [1.807, 2.05) is 11.8 Å². The van der Waals surface area contributed by atoms with E-state index >= 15 is 0 Å². The van der Waals surface area contributed by atoms with Gasteiger partial charge in [-0.1, -0.05) is 13.8 Å². The minimum Gasteiger partial charge on any atom is -0.345 e. The van der Waals surface area contributed by atoms with E-state index in [0.717, 1.165) is 49.8 Å². The molecule has 2 N–H and O–H groups in total. The third-order valence-corrected chi connectivity index (χ3v) is 5.66. The van der Waals surface area contributed by atoms with Gasteiger partial charge in [-0.05, 0) is 19.8 Å². The number of nitrogens with two attached hydrogens (primary N) is 1. The maximum atomic E-state index is 12.8. The molecular formula is C15H28Cl2N4OS. The van der Waals surface area contributed by atoms with Gasteiger partial charge in [0.25, 0.3) is 0 Å². The van der Waals surface area contributed by atoms with Crippen molar-refractivity contribution in [1.82, 2.24) is 9.88 Å². The molecule has 1 saturated heterocycles. The summed E-state index contributed by atoms with van der Waals surface area (Å²) in [6, 6.07) is 0. The second-order valence-electron chi connectivity index (χ2n) is 5.74. The lowest BCUT2D eigenvalue weighted by Gasteiger charge is -2.40. The summed E-state index contributed by atoms with van der Waals surface area (Å²) < 4.78 is 0. The van der Waals surface area contributed by atoms with Crippen LogP contribution in [0.4, 0.5) is 5.13 Å². The van der Waals surface area contributed by atoms with Crippen LogP contribution in [0.5, 0.6) is 0 Å². The number of nitrogens with zero attached hydrogens (tertiary/aromatic N) is 3. The molecular weight excluding hydrogens is 355 g/mol. The van der Waals surface area contributed by atoms with Crippen molar-refractivity contribution in [2.45, 2.75) is 33.6 Å². The molecule has 0 unspecified atom stereocenters. The number of anilines is 1. The van der Waals surface area contributed by atoms with Gasteiger partial charge in [-0.25, -0.2) is 4.98 Å². The first-order chi connectivity index (χ1) is 10.1. The number of rotatable bonds is 5. The average Bonchev–Trinajstić information content (AvgIpc) is 2.96. The Morgan fingerprint density at radius 3 is 2.22 bits per heavy atom. The Bertz CT molecular complexity index is 477. The molecule has 2 heterocycles. The fourth-order valence-electron chi connectivity index (χ4n) is 2.85. The molecule has 0 saturated carbocycles. The zero-order chi connectivity index (χ0) is 15.5. The van der Waals surface area contributed by atoms with Crippen LogP contribution in [0.25, 0.3) is 0 Å². The van der Waals surface area contributed by atoms with Crippen LogP contribution >= 0.6 is 36.2 Å². The van der Waals surface area contributed by atoms with Crippen LogP contribution in [-0.2, 0) is 4.79 Å². The summed E-state index contributed by atoms with van der Waals surface area (Å²) in [5.74, 6) is 0.227. The summed E-state index contributed by atoms with van der Waals surface area (Å²) in [5.41, 5.74) is 6.58. The van der Waals surface area contributed by atoms with E-state index in [0.29, 0.717) is 6.54 Å². The Hall–Kier alpha value is -0.560. The van der Waals surface area contributed by atoms with Gasteiger partial charge in [0.1, 0.15) is 0 Å². The van der Waals surface area contributed by atoms with E-state index in [9.17, 15) is 4.79 Å². The smallest absolute Gasteiger partial charge is 0.230 e. The van der Waals surface area contributed by atoms with E-state index in [1.165, 1.54) is 0 Å². The van der Waals surface area contributed by atoms with Gasteiger partial charge in [0.05, 0.1) is 11.1 Å². The number of amides is 1. The third kappa shape index (κ3) is 4.72.